The van der Waals surface area contributed by atoms with Crippen molar-refractivity contribution >= 4 is 16.2 Å². The summed E-state index contributed by atoms with van der Waals surface area (Å²) in [6.45, 7) is 2.49. The van der Waals surface area contributed by atoms with Crippen LogP contribution in [0.2, 0.25) is 0 Å². The van der Waals surface area contributed by atoms with Crippen LogP contribution in [0.15, 0.2) is 0 Å². The van der Waals surface area contributed by atoms with Crippen LogP contribution in [0.25, 0.3) is 0 Å². The summed E-state index contributed by atoms with van der Waals surface area (Å²) in [5.41, 5.74) is -0.297. The third-order valence-corrected chi connectivity index (χ3v) is 6.11. The summed E-state index contributed by atoms with van der Waals surface area (Å²) in [5, 5.41) is 9.02. The van der Waals surface area contributed by atoms with E-state index >= 15 is 0 Å². The number of nitrogens with zero attached hydrogens (tertiary/aromatic N) is 1. The summed E-state index contributed by atoms with van der Waals surface area (Å²) in [6.07, 6.45) is 4.74. The first-order valence-corrected chi connectivity index (χ1v) is 8.34. The van der Waals surface area contributed by atoms with Gasteiger partial charge in [-0.15, -0.1) is 0 Å². The van der Waals surface area contributed by atoms with Crippen molar-refractivity contribution in [3.63, 3.8) is 0 Å². The molecule has 110 valence electrons. The van der Waals surface area contributed by atoms with Gasteiger partial charge in [-0.25, -0.2) is 0 Å². The highest BCUT2D eigenvalue weighted by molar-refractivity contribution is 7.87. The second kappa shape index (κ2) is 5.38. The molecule has 1 saturated heterocycles. The molecule has 0 spiro atoms. The smallest absolute Gasteiger partial charge is 0.307 e. The molecule has 2 fully saturated rings. The quantitative estimate of drug-likeness (QED) is 0.789. The average Bonchev–Trinajstić information content (AvgIpc) is 2.34. The minimum absolute atomic E-state index is 0.0878. The Morgan fingerprint density at radius 3 is 2.58 bits per heavy atom. The molecule has 19 heavy (non-hydrogen) atoms. The van der Waals surface area contributed by atoms with Gasteiger partial charge in [-0.1, -0.05) is 6.92 Å². The Morgan fingerprint density at radius 1 is 1.42 bits per heavy atom. The van der Waals surface area contributed by atoms with Crippen LogP contribution >= 0.6 is 0 Å². The van der Waals surface area contributed by atoms with E-state index in [0.29, 0.717) is 19.4 Å². The van der Waals surface area contributed by atoms with E-state index in [0.717, 1.165) is 25.7 Å². The van der Waals surface area contributed by atoms with Gasteiger partial charge in [0.2, 0.25) is 0 Å². The topological polar surface area (TPSA) is 86.7 Å². The fraction of sp³-hybridized carbons (Fsp3) is 0.917. The summed E-state index contributed by atoms with van der Waals surface area (Å²) in [4.78, 5) is 11.0. The van der Waals surface area contributed by atoms with E-state index in [9.17, 15) is 13.2 Å². The van der Waals surface area contributed by atoms with Gasteiger partial charge in [0.15, 0.2) is 0 Å². The van der Waals surface area contributed by atoms with Crippen molar-refractivity contribution in [3.8, 4) is 0 Å². The number of rotatable bonds is 5. The average molecular weight is 290 g/mol. The van der Waals surface area contributed by atoms with Crippen LogP contribution in [0, 0.1) is 5.92 Å². The van der Waals surface area contributed by atoms with Crippen LogP contribution in [0.5, 0.6) is 0 Å². The molecule has 0 radical (unpaired) electrons. The third-order valence-electron chi connectivity index (χ3n) is 4.41. The lowest BCUT2D eigenvalue weighted by molar-refractivity contribution is -0.142. The Balaban J connectivity index is 2.04. The Morgan fingerprint density at radius 2 is 2.11 bits per heavy atom. The van der Waals surface area contributed by atoms with Crippen molar-refractivity contribution in [1.29, 1.82) is 0 Å². The maximum absolute atomic E-state index is 12.3. The zero-order valence-electron chi connectivity index (χ0n) is 11.3. The lowest BCUT2D eigenvalue weighted by Gasteiger charge is -2.43. The number of nitrogens with one attached hydrogen (secondary N) is 1. The molecule has 1 unspecified atom stereocenters. The minimum Gasteiger partial charge on any atom is -0.481 e. The molecule has 0 amide bonds. The molecular formula is C12H22N2O4S. The maximum Gasteiger partial charge on any atom is 0.307 e. The second-order valence-electron chi connectivity index (χ2n) is 5.63. The van der Waals surface area contributed by atoms with Crippen LogP contribution in [0.3, 0.4) is 0 Å². The van der Waals surface area contributed by atoms with Crippen molar-refractivity contribution in [2.24, 2.45) is 5.92 Å². The number of hydrogen-bond acceptors (Lipinski definition) is 3. The van der Waals surface area contributed by atoms with E-state index in [2.05, 4.69) is 4.72 Å². The minimum atomic E-state index is -3.56. The molecule has 6 nitrogen and oxygen atoms in total. The van der Waals surface area contributed by atoms with Gasteiger partial charge in [0.05, 0.1) is 5.92 Å². The molecule has 0 bridgehead atoms. The number of carboxylic acid groups (broad SMARTS) is 1. The van der Waals surface area contributed by atoms with Crippen molar-refractivity contribution in [2.75, 3.05) is 13.1 Å². The number of aliphatic carboxylic acids is 1. The summed E-state index contributed by atoms with van der Waals surface area (Å²) >= 11 is 0. The maximum atomic E-state index is 12.3. The predicted molar refractivity (Wildman–Crippen MR) is 70.9 cm³/mol. The molecule has 2 aliphatic rings. The SMILES string of the molecule is CCC1(NS(=O)(=O)N2CCCC(C(=O)O)C2)CCC1. The van der Waals surface area contributed by atoms with Crippen molar-refractivity contribution < 1.29 is 18.3 Å². The summed E-state index contributed by atoms with van der Waals surface area (Å²) in [7, 11) is -3.56. The van der Waals surface area contributed by atoms with E-state index in [-0.39, 0.29) is 12.1 Å². The van der Waals surface area contributed by atoms with E-state index < -0.39 is 22.1 Å². The zero-order chi connectivity index (χ0) is 14.1. The molecule has 0 aromatic rings. The molecule has 7 heteroatoms. The molecule has 1 atom stereocenters. The Hall–Kier alpha value is -0.660. The largest absolute Gasteiger partial charge is 0.481 e. The highest BCUT2D eigenvalue weighted by Crippen LogP contribution is 2.35. The number of carbonyl (C=O) groups is 1. The van der Waals surface area contributed by atoms with Crippen molar-refractivity contribution in [1.82, 2.24) is 9.03 Å². The number of piperidine rings is 1. The highest BCUT2D eigenvalue weighted by atomic mass is 32.2. The van der Waals surface area contributed by atoms with Crippen LogP contribution in [0.1, 0.15) is 45.4 Å². The Bertz CT molecular complexity index is 439. The summed E-state index contributed by atoms with van der Waals surface area (Å²) < 4.78 is 28.8. The van der Waals surface area contributed by atoms with E-state index in [1.54, 1.807) is 0 Å². The summed E-state index contributed by atoms with van der Waals surface area (Å²) in [6, 6.07) is 0. The van der Waals surface area contributed by atoms with Gasteiger partial charge in [-0.05, 0) is 38.5 Å². The molecule has 1 heterocycles. The fourth-order valence-corrected chi connectivity index (χ4v) is 4.60. The van der Waals surface area contributed by atoms with Gasteiger partial charge in [-0.3, -0.25) is 4.79 Å². The third kappa shape index (κ3) is 3.09. The first kappa shape index (κ1) is 14.7. The number of hydrogen-bond donors (Lipinski definition) is 2. The van der Waals surface area contributed by atoms with Gasteiger partial charge >= 0.3 is 5.97 Å². The molecule has 0 aromatic heterocycles. The lowest BCUT2D eigenvalue weighted by Crippen LogP contribution is -2.58. The molecule has 1 saturated carbocycles. The van der Waals surface area contributed by atoms with Crippen molar-refractivity contribution in [3.05, 3.63) is 0 Å². The molecule has 2 rings (SSSR count). The zero-order valence-corrected chi connectivity index (χ0v) is 12.1. The standard InChI is InChI=1S/C12H22N2O4S/c1-2-12(6-4-7-12)13-19(17,18)14-8-3-5-10(9-14)11(15)16/h10,13H,2-9H2,1H3,(H,15,16). The van der Waals surface area contributed by atoms with Crippen LogP contribution in [-0.2, 0) is 15.0 Å². The first-order valence-electron chi connectivity index (χ1n) is 6.90. The molecule has 0 aromatic carbocycles. The van der Waals surface area contributed by atoms with E-state index in [1.165, 1.54) is 4.31 Å². The van der Waals surface area contributed by atoms with Gasteiger partial charge in [0, 0.05) is 18.6 Å². The van der Waals surface area contributed by atoms with Crippen LogP contribution in [0.4, 0.5) is 0 Å². The monoisotopic (exact) mass is 290 g/mol. The van der Waals surface area contributed by atoms with Gasteiger partial charge in [-0.2, -0.15) is 17.4 Å². The Labute approximate surface area is 114 Å². The molecule has 2 N–H and O–H groups in total. The summed E-state index contributed by atoms with van der Waals surface area (Å²) in [5.74, 6) is -1.49. The first-order chi connectivity index (χ1) is 8.88. The van der Waals surface area contributed by atoms with Gasteiger partial charge in [0.1, 0.15) is 0 Å². The fourth-order valence-electron chi connectivity index (χ4n) is 2.83. The number of carboxylic acids is 1. The van der Waals surface area contributed by atoms with Gasteiger partial charge in [0.25, 0.3) is 10.2 Å². The predicted octanol–water partition coefficient (Wildman–Crippen LogP) is 0.950. The normalized spacial score (nSPS) is 27.7. The van der Waals surface area contributed by atoms with Crippen molar-refractivity contribution in [2.45, 2.75) is 51.0 Å². The second-order valence-corrected chi connectivity index (χ2v) is 7.30. The van der Waals surface area contributed by atoms with Gasteiger partial charge < -0.3 is 5.11 Å². The van der Waals surface area contributed by atoms with E-state index in [4.69, 9.17) is 5.11 Å². The Kier molecular flexibility index (Phi) is 4.17. The highest BCUT2D eigenvalue weighted by Gasteiger charge is 2.41. The molecular weight excluding hydrogens is 268 g/mol. The molecule has 1 aliphatic carbocycles. The van der Waals surface area contributed by atoms with E-state index in [1.807, 2.05) is 6.92 Å². The van der Waals surface area contributed by atoms with Crippen LogP contribution in [-0.4, -0.2) is 42.4 Å². The van der Waals surface area contributed by atoms with Crippen LogP contribution < -0.4 is 4.72 Å². The lowest BCUT2D eigenvalue weighted by atomic mass is 9.76. The molecule has 1 aliphatic heterocycles.